The molecular formula is C96H113F19O12. The highest BCUT2D eigenvalue weighted by atomic mass is 19.2. The molecule has 12 rings (SSSR count). The molecule has 31 heteroatoms. The molecule has 6 aromatic rings. The van der Waals surface area contributed by atoms with Crippen molar-refractivity contribution >= 4 is 35.8 Å². The number of hydrogen-bond acceptors (Lipinski definition) is 12. The van der Waals surface area contributed by atoms with Crippen LogP contribution in [0.1, 0.15) is 303 Å². The fraction of sp³-hybridized carbons (Fsp3) is 0.562. The van der Waals surface area contributed by atoms with Crippen molar-refractivity contribution in [1.29, 1.82) is 0 Å². The lowest BCUT2D eigenvalue weighted by molar-refractivity contribution is -0.146. The second-order valence-corrected chi connectivity index (χ2v) is 33.4. The van der Waals surface area contributed by atoms with E-state index >= 15 is 0 Å². The standard InChI is InChI=1S/C16H18F4O2.5C16H19F3O2/c17-12-8-11(14(18)16(20)15(12)19)9-22-13(21)7-6-10-4-2-1-3-5-10;17-13-7-8-14(18)16(19)12(13)10-21-15(20)9-6-11-4-2-1-3-5-11;17-13-8-7-12(15(18)16(13)19)10-21-14(20)9-6-11-4-2-1-3-5-11;17-13-9-15(19)14(18)8-12(13)10-21-16(20)7-6-11-4-2-1-3-5-11;17-13-8-12(16(19)14(18)9-13)10-21-15(20)7-6-11-4-2-1-3-5-11;17-13-8-12(9-14(18)16(13)19)10-21-15(20)7-6-11-4-2-1-3-5-11/h8,10H,1-7,9H2;2*7-8,11H,1-6,9-10H2;3*8-9,11H,1-7,10H2. The maximum Gasteiger partial charge on any atom is 0.306 e. The zero-order valence-corrected chi connectivity index (χ0v) is 71.3. The van der Waals surface area contributed by atoms with Gasteiger partial charge in [-0.25, -0.2) is 83.4 Å². The lowest BCUT2D eigenvalue weighted by atomic mass is 9.86. The van der Waals surface area contributed by atoms with E-state index in [-0.39, 0.29) is 80.1 Å². The second kappa shape index (κ2) is 56.3. The van der Waals surface area contributed by atoms with Crippen LogP contribution < -0.4 is 0 Å². The number of rotatable bonds is 30. The van der Waals surface area contributed by atoms with Gasteiger partial charge in [0.1, 0.15) is 57.1 Å². The minimum Gasteiger partial charge on any atom is -0.461 e. The van der Waals surface area contributed by atoms with Crippen LogP contribution in [-0.4, -0.2) is 35.8 Å². The SMILES string of the molecule is O=C(CCC1CCCCC1)OCc1c(F)ccc(F)c1F.O=C(CCC1CCCCC1)OCc1cc(F)c(F)c(F)c1.O=C(CCC1CCCCC1)OCc1cc(F)c(F)c(F)c1F.O=C(CCC1CCCCC1)OCc1cc(F)c(F)cc1F.O=C(CCC1CCCCC1)OCc1cc(F)cc(F)c1F.O=C(CCC1CCCCC1)OCc1ccc(F)c(F)c1F. The number of carbonyl (C=O) groups is 6. The van der Waals surface area contributed by atoms with E-state index in [1.165, 1.54) is 116 Å². The maximum atomic E-state index is 13.4. The van der Waals surface area contributed by atoms with Gasteiger partial charge in [0, 0.05) is 72.9 Å². The average molecular weight is 1820 g/mol. The van der Waals surface area contributed by atoms with Gasteiger partial charge in [-0.1, -0.05) is 193 Å². The van der Waals surface area contributed by atoms with Gasteiger partial charge in [0.05, 0.1) is 5.56 Å². The molecule has 12 nitrogen and oxygen atoms in total. The zero-order chi connectivity index (χ0) is 92.3. The van der Waals surface area contributed by atoms with Crippen LogP contribution in [-0.2, 0) is 96.8 Å². The molecule has 0 saturated heterocycles. The van der Waals surface area contributed by atoms with Crippen molar-refractivity contribution < 1.29 is 141 Å². The van der Waals surface area contributed by atoms with Crippen LogP contribution in [0.2, 0.25) is 0 Å². The molecule has 0 aromatic heterocycles. The lowest BCUT2D eigenvalue weighted by Gasteiger charge is -2.20. The Morgan fingerprint density at radius 1 is 0.213 bits per heavy atom. The minimum absolute atomic E-state index is 0.109. The quantitative estimate of drug-likeness (QED) is 0.0138. The van der Waals surface area contributed by atoms with Crippen LogP contribution in [0.15, 0.2) is 66.7 Å². The number of hydrogen-bond donors (Lipinski definition) is 0. The fourth-order valence-electron chi connectivity index (χ4n) is 16.4. The molecular weight excluding hydrogens is 1710 g/mol. The summed E-state index contributed by atoms with van der Waals surface area (Å²) in [6, 6.07) is 8.10. The summed E-state index contributed by atoms with van der Waals surface area (Å²) in [4.78, 5) is 69.6. The Balaban J connectivity index is 0.000000209. The summed E-state index contributed by atoms with van der Waals surface area (Å²) in [7, 11) is 0. The first kappa shape index (κ1) is 105. The Labute approximate surface area is 728 Å². The van der Waals surface area contributed by atoms with E-state index in [0.29, 0.717) is 72.6 Å². The maximum absolute atomic E-state index is 13.4. The average Bonchev–Trinajstić information content (AvgIpc) is 0.824. The molecule has 0 heterocycles. The highest BCUT2D eigenvalue weighted by Gasteiger charge is 2.27. The van der Waals surface area contributed by atoms with E-state index in [1.54, 1.807) is 0 Å². The highest BCUT2D eigenvalue weighted by Crippen LogP contribution is 2.35. The first-order valence-corrected chi connectivity index (χ1v) is 44.2. The molecule has 127 heavy (non-hydrogen) atoms. The monoisotopic (exact) mass is 1820 g/mol. The minimum atomic E-state index is -1.90. The molecule has 702 valence electrons. The van der Waals surface area contributed by atoms with Crippen LogP contribution in [0.5, 0.6) is 0 Å². The normalized spacial score (nSPS) is 15.9. The predicted molar refractivity (Wildman–Crippen MR) is 431 cm³/mol. The van der Waals surface area contributed by atoms with E-state index in [4.69, 9.17) is 28.4 Å². The summed E-state index contributed by atoms with van der Waals surface area (Å²) in [5.41, 5.74) is -1.53. The molecule has 0 unspecified atom stereocenters. The summed E-state index contributed by atoms with van der Waals surface area (Å²) >= 11 is 0. The number of halogens is 19. The van der Waals surface area contributed by atoms with Crippen molar-refractivity contribution in [3.63, 3.8) is 0 Å². The van der Waals surface area contributed by atoms with Crippen LogP contribution in [0.4, 0.5) is 83.4 Å². The van der Waals surface area contributed by atoms with Gasteiger partial charge in [-0.3, -0.25) is 28.8 Å². The molecule has 0 spiro atoms. The summed E-state index contributed by atoms with van der Waals surface area (Å²) in [6.45, 7) is -2.59. The lowest BCUT2D eigenvalue weighted by Crippen LogP contribution is -2.12. The van der Waals surface area contributed by atoms with Crippen molar-refractivity contribution in [1.82, 2.24) is 0 Å². The Morgan fingerprint density at radius 3 is 0.874 bits per heavy atom. The molecule has 6 fully saturated rings. The van der Waals surface area contributed by atoms with Gasteiger partial charge >= 0.3 is 35.8 Å². The van der Waals surface area contributed by atoms with E-state index in [0.717, 1.165) is 152 Å². The zero-order valence-electron chi connectivity index (χ0n) is 71.3. The molecule has 0 N–H and O–H groups in total. The van der Waals surface area contributed by atoms with Gasteiger partial charge in [0.2, 0.25) is 0 Å². The Kier molecular flexibility index (Phi) is 46.5. The van der Waals surface area contributed by atoms with E-state index in [9.17, 15) is 112 Å². The number of carbonyl (C=O) groups excluding carboxylic acids is 6. The second-order valence-electron chi connectivity index (χ2n) is 33.4. The largest absolute Gasteiger partial charge is 0.461 e. The molecule has 0 amide bonds. The Bertz CT molecular complexity index is 4400. The third kappa shape index (κ3) is 38.2. The van der Waals surface area contributed by atoms with Gasteiger partial charge in [-0.05, 0) is 134 Å². The van der Waals surface area contributed by atoms with Gasteiger partial charge in [0.25, 0.3) is 0 Å². The Hall–Kier alpha value is -9.19. The van der Waals surface area contributed by atoms with E-state index in [1.807, 2.05) is 0 Å². The molecule has 6 aliphatic carbocycles. The topological polar surface area (TPSA) is 158 Å². The first-order valence-electron chi connectivity index (χ1n) is 44.2. The molecule has 0 bridgehead atoms. The van der Waals surface area contributed by atoms with Crippen LogP contribution >= 0.6 is 0 Å². The third-order valence-electron chi connectivity index (χ3n) is 23.9. The summed E-state index contributed by atoms with van der Waals surface area (Å²) in [5, 5.41) is 0. The van der Waals surface area contributed by atoms with Crippen molar-refractivity contribution in [3.8, 4) is 0 Å². The first-order chi connectivity index (χ1) is 60.8. The van der Waals surface area contributed by atoms with Crippen LogP contribution in [0.3, 0.4) is 0 Å². The molecule has 0 radical (unpaired) electrons. The summed E-state index contributed by atoms with van der Waals surface area (Å²) in [5.74, 6) is -24.4. The fourth-order valence-corrected chi connectivity index (χ4v) is 16.4. The Morgan fingerprint density at radius 2 is 0.488 bits per heavy atom. The van der Waals surface area contributed by atoms with Gasteiger partial charge < -0.3 is 28.4 Å². The van der Waals surface area contributed by atoms with Crippen molar-refractivity contribution in [2.75, 3.05) is 0 Å². The van der Waals surface area contributed by atoms with Crippen molar-refractivity contribution in [2.24, 2.45) is 35.5 Å². The number of benzene rings is 6. The molecule has 6 saturated carbocycles. The van der Waals surface area contributed by atoms with E-state index in [2.05, 4.69) is 0 Å². The highest BCUT2D eigenvalue weighted by molar-refractivity contribution is 5.71. The number of ether oxygens (including phenoxy) is 6. The van der Waals surface area contributed by atoms with Crippen molar-refractivity contribution in [2.45, 2.75) is 309 Å². The van der Waals surface area contributed by atoms with Crippen LogP contribution in [0, 0.1) is 146 Å². The summed E-state index contributed by atoms with van der Waals surface area (Å²) in [6.07, 6.45) is 41.6. The smallest absolute Gasteiger partial charge is 0.306 e. The molecule has 6 aromatic carbocycles. The van der Waals surface area contributed by atoms with Crippen LogP contribution in [0.25, 0.3) is 0 Å². The number of esters is 6. The molecule has 0 aliphatic heterocycles. The van der Waals surface area contributed by atoms with Gasteiger partial charge in [-0.2, -0.15) is 0 Å². The van der Waals surface area contributed by atoms with E-state index < -0.39 is 171 Å². The van der Waals surface area contributed by atoms with Crippen molar-refractivity contribution in [3.05, 3.63) is 211 Å². The third-order valence-corrected chi connectivity index (χ3v) is 23.9. The molecule has 0 atom stereocenters. The van der Waals surface area contributed by atoms with Gasteiger partial charge in [-0.15, -0.1) is 0 Å². The summed E-state index contributed by atoms with van der Waals surface area (Å²) < 4.78 is 278. The predicted octanol–water partition coefficient (Wildman–Crippen LogP) is 27.2. The van der Waals surface area contributed by atoms with Gasteiger partial charge in [0.15, 0.2) is 93.1 Å². The molecule has 6 aliphatic rings.